The first kappa shape index (κ1) is 18.7. The number of nitrogens with one attached hydrogen (secondary N) is 1. The van der Waals surface area contributed by atoms with Crippen LogP contribution in [0.1, 0.15) is 18.9 Å². The van der Waals surface area contributed by atoms with Gasteiger partial charge < -0.3 is 9.73 Å². The van der Waals surface area contributed by atoms with Gasteiger partial charge in [0.15, 0.2) is 0 Å². The largest absolute Gasteiger partial charge is 0.411 e. The highest BCUT2D eigenvalue weighted by Crippen LogP contribution is 2.29. The SMILES string of the molecule is CCCc1ccc(NC(=O)CSc2nnc(-c3ccccc3Br)o2)cc1. The number of aromatic nitrogens is 2. The molecule has 0 radical (unpaired) electrons. The molecule has 26 heavy (non-hydrogen) atoms. The molecule has 7 heteroatoms. The van der Waals surface area contributed by atoms with E-state index in [0.717, 1.165) is 28.6 Å². The van der Waals surface area contributed by atoms with E-state index in [2.05, 4.69) is 38.4 Å². The van der Waals surface area contributed by atoms with Crippen molar-refractivity contribution >= 4 is 39.3 Å². The van der Waals surface area contributed by atoms with Crippen molar-refractivity contribution in [1.82, 2.24) is 10.2 Å². The molecule has 1 amide bonds. The Bertz CT molecular complexity index is 881. The molecule has 0 aliphatic rings. The van der Waals surface area contributed by atoms with E-state index in [-0.39, 0.29) is 11.7 Å². The summed E-state index contributed by atoms with van der Waals surface area (Å²) in [6.07, 6.45) is 2.15. The number of carbonyl (C=O) groups is 1. The maximum absolute atomic E-state index is 12.1. The number of anilines is 1. The fourth-order valence-corrected chi connectivity index (χ4v) is 3.40. The van der Waals surface area contributed by atoms with Crippen molar-refractivity contribution in [2.75, 3.05) is 11.1 Å². The summed E-state index contributed by atoms with van der Waals surface area (Å²) in [5, 5.41) is 11.3. The predicted octanol–water partition coefficient (Wildman–Crippen LogP) is 5.18. The summed E-state index contributed by atoms with van der Waals surface area (Å²) in [6, 6.07) is 15.5. The van der Waals surface area contributed by atoms with Crippen molar-refractivity contribution in [3.05, 3.63) is 58.6 Å². The Morgan fingerprint density at radius 2 is 1.92 bits per heavy atom. The van der Waals surface area contributed by atoms with Crippen molar-refractivity contribution in [2.24, 2.45) is 0 Å². The average Bonchev–Trinajstić information content (AvgIpc) is 3.11. The molecule has 134 valence electrons. The molecule has 1 aromatic heterocycles. The Balaban J connectivity index is 1.54. The van der Waals surface area contributed by atoms with Crippen LogP contribution in [0.5, 0.6) is 0 Å². The summed E-state index contributed by atoms with van der Waals surface area (Å²) in [7, 11) is 0. The predicted molar refractivity (Wildman–Crippen MR) is 107 cm³/mol. The lowest BCUT2D eigenvalue weighted by atomic mass is 10.1. The second-order valence-electron chi connectivity index (χ2n) is 5.64. The van der Waals surface area contributed by atoms with Gasteiger partial charge in [-0.2, -0.15) is 0 Å². The third-order valence-electron chi connectivity index (χ3n) is 3.61. The zero-order chi connectivity index (χ0) is 18.4. The number of benzene rings is 2. The molecule has 1 heterocycles. The van der Waals surface area contributed by atoms with Crippen LogP contribution in [-0.2, 0) is 11.2 Å². The molecule has 0 saturated heterocycles. The lowest BCUT2D eigenvalue weighted by Crippen LogP contribution is -2.13. The van der Waals surface area contributed by atoms with Gasteiger partial charge in [-0.1, -0.05) is 49.4 Å². The first-order valence-electron chi connectivity index (χ1n) is 8.25. The Kier molecular flexibility index (Phi) is 6.46. The number of nitrogens with zero attached hydrogens (tertiary/aromatic N) is 2. The molecular formula is C19H18BrN3O2S. The Morgan fingerprint density at radius 1 is 1.15 bits per heavy atom. The molecule has 5 nitrogen and oxygen atoms in total. The topological polar surface area (TPSA) is 68.0 Å². The molecule has 0 saturated carbocycles. The van der Waals surface area contributed by atoms with E-state index in [1.54, 1.807) is 0 Å². The van der Waals surface area contributed by atoms with Crippen molar-refractivity contribution in [3.8, 4) is 11.5 Å². The van der Waals surface area contributed by atoms with Crippen LogP contribution >= 0.6 is 27.7 Å². The first-order valence-corrected chi connectivity index (χ1v) is 10.0. The molecule has 0 fully saturated rings. The van der Waals surface area contributed by atoms with Gasteiger partial charge in [-0.15, -0.1) is 10.2 Å². The minimum absolute atomic E-state index is 0.112. The van der Waals surface area contributed by atoms with Crippen molar-refractivity contribution in [1.29, 1.82) is 0 Å². The fraction of sp³-hybridized carbons (Fsp3) is 0.211. The molecule has 2 aromatic carbocycles. The highest BCUT2D eigenvalue weighted by molar-refractivity contribution is 9.10. The number of rotatable bonds is 7. The minimum Gasteiger partial charge on any atom is -0.411 e. The van der Waals surface area contributed by atoms with Crippen LogP contribution in [0.15, 0.2) is 62.6 Å². The quantitative estimate of drug-likeness (QED) is 0.521. The van der Waals surface area contributed by atoms with E-state index in [1.165, 1.54) is 17.3 Å². The normalized spacial score (nSPS) is 10.7. The van der Waals surface area contributed by atoms with Crippen LogP contribution < -0.4 is 5.32 Å². The summed E-state index contributed by atoms with van der Waals surface area (Å²) >= 11 is 4.67. The average molecular weight is 432 g/mol. The molecule has 3 rings (SSSR count). The van der Waals surface area contributed by atoms with E-state index in [1.807, 2.05) is 48.5 Å². The third-order valence-corrected chi connectivity index (χ3v) is 5.12. The Morgan fingerprint density at radius 3 is 2.65 bits per heavy atom. The molecular weight excluding hydrogens is 414 g/mol. The van der Waals surface area contributed by atoms with Gasteiger partial charge in [0, 0.05) is 10.2 Å². The van der Waals surface area contributed by atoms with E-state index in [0.29, 0.717) is 11.1 Å². The summed E-state index contributed by atoms with van der Waals surface area (Å²) in [6.45, 7) is 2.15. The summed E-state index contributed by atoms with van der Waals surface area (Å²) < 4.78 is 6.50. The van der Waals surface area contributed by atoms with Gasteiger partial charge in [0.1, 0.15) is 0 Å². The standard InChI is InChI=1S/C19H18BrN3O2S/c1-2-5-13-8-10-14(11-9-13)21-17(24)12-26-19-23-22-18(25-19)15-6-3-4-7-16(15)20/h3-4,6-11H,2,5,12H2,1H3,(H,21,24). The lowest BCUT2D eigenvalue weighted by Gasteiger charge is -2.05. The van der Waals surface area contributed by atoms with Crippen LogP contribution in [-0.4, -0.2) is 21.9 Å². The number of hydrogen-bond acceptors (Lipinski definition) is 5. The smallest absolute Gasteiger partial charge is 0.277 e. The highest BCUT2D eigenvalue weighted by Gasteiger charge is 2.13. The number of amides is 1. The van der Waals surface area contributed by atoms with Crippen molar-refractivity contribution in [2.45, 2.75) is 25.0 Å². The molecule has 0 bridgehead atoms. The summed E-state index contributed by atoms with van der Waals surface area (Å²) in [5.74, 6) is 0.514. The molecule has 0 aliphatic heterocycles. The zero-order valence-electron chi connectivity index (χ0n) is 14.2. The second kappa shape index (κ2) is 9.00. The van der Waals surface area contributed by atoms with Gasteiger partial charge in [-0.25, -0.2) is 0 Å². The minimum atomic E-state index is -0.112. The maximum Gasteiger partial charge on any atom is 0.277 e. The van der Waals surface area contributed by atoms with Crippen molar-refractivity contribution < 1.29 is 9.21 Å². The van der Waals surface area contributed by atoms with Gasteiger partial charge >= 0.3 is 0 Å². The summed E-state index contributed by atoms with van der Waals surface area (Å²) in [5.41, 5.74) is 2.88. The Labute approximate surface area is 164 Å². The molecule has 0 spiro atoms. The number of carbonyl (C=O) groups excluding carboxylic acids is 1. The third kappa shape index (κ3) is 4.95. The lowest BCUT2D eigenvalue weighted by molar-refractivity contribution is -0.113. The highest BCUT2D eigenvalue weighted by atomic mass is 79.9. The van der Waals surface area contributed by atoms with E-state index < -0.39 is 0 Å². The molecule has 0 atom stereocenters. The number of aryl methyl sites for hydroxylation is 1. The summed E-state index contributed by atoms with van der Waals surface area (Å²) in [4.78, 5) is 12.1. The van der Waals surface area contributed by atoms with E-state index >= 15 is 0 Å². The van der Waals surface area contributed by atoms with Gasteiger partial charge in [0.2, 0.25) is 11.8 Å². The van der Waals surface area contributed by atoms with Crippen molar-refractivity contribution in [3.63, 3.8) is 0 Å². The number of halogens is 1. The van der Waals surface area contributed by atoms with Crippen LogP contribution in [0.4, 0.5) is 5.69 Å². The second-order valence-corrected chi connectivity index (χ2v) is 7.42. The van der Waals surface area contributed by atoms with Gasteiger partial charge in [-0.05, 0) is 52.2 Å². The Hall–Kier alpha value is -2.12. The van der Waals surface area contributed by atoms with E-state index in [9.17, 15) is 4.79 Å². The van der Waals surface area contributed by atoms with E-state index in [4.69, 9.17) is 4.42 Å². The first-order chi connectivity index (χ1) is 12.7. The van der Waals surface area contributed by atoms with Crippen LogP contribution in [0.2, 0.25) is 0 Å². The number of thioether (sulfide) groups is 1. The van der Waals surface area contributed by atoms with Gasteiger partial charge in [0.25, 0.3) is 5.22 Å². The monoisotopic (exact) mass is 431 g/mol. The van der Waals surface area contributed by atoms with Crippen LogP contribution in [0.3, 0.4) is 0 Å². The van der Waals surface area contributed by atoms with Gasteiger partial charge in [0.05, 0.1) is 11.3 Å². The zero-order valence-corrected chi connectivity index (χ0v) is 16.6. The number of hydrogen-bond donors (Lipinski definition) is 1. The maximum atomic E-state index is 12.1. The fourth-order valence-electron chi connectivity index (χ4n) is 2.38. The molecule has 3 aromatic rings. The van der Waals surface area contributed by atoms with Gasteiger partial charge in [-0.3, -0.25) is 4.79 Å². The molecule has 0 aliphatic carbocycles. The molecule has 0 unspecified atom stereocenters. The van der Waals surface area contributed by atoms with Crippen LogP contribution in [0.25, 0.3) is 11.5 Å². The van der Waals surface area contributed by atoms with Crippen LogP contribution in [0, 0.1) is 0 Å². The molecule has 1 N–H and O–H groups in total.